The van der Waals surface area contributed by atoms with Gasteiger partial charge in [-0.1, -0.05) is 81.0 Å². The molecule has 0 atom stereocenters. The van der Waals surface area contributed by atoms with Crippen molar-refractivity contribution in [2.24, 2.45) is 5.92 Å². The molecule has 34 heavy (non-hydrogen) atoms. The van der Waals surface area contributed by atoms with Gasteiger partial charge in [-0.3, -0.25) is 0 Å². The first-order chi connectivity index (χ1) is 16.5. The van der Waals surface area contributed by atoms with Gasteiger partial charge < -0.3 is 0 Å². The van der Waals surface area contributed by atoms with Crippen LogP contribution in [-0.4, -0.2) is 0 Å². The highest BCUT2D eigenvalue weighted by Crippen LogP contribution is 2.39. The van der Waals surface area contributed by atoms with Crippen molar-refractivity contribution in [1.29, 1.82) is 0 Å². The molecule has 0 nitrogen and oxygen atoms in total. The molecule has 0 amide bonds. The van der Waals surface area contributed by atoms with Crippen molar-refractivity contribution in [3.63, 3.8) is 0 Å². The van der Waals surface area contributed by atoms with Gasteiger partial charge in [0.1, 0.15) is 5.82 Å². The molecule has 1 fully saturated rings. The lowest BCUT2D eigenvalue weighted by Gasteiger charge is -2.27. The lowest BCUT2D eigenvalue weighted by atomic mass is 9.78. The SMILES string of the molecule is CCCc1ccc(C=CC2CCC(c3ccc(-c4ccc(CC)cc4)c(F)c3F)CC2)c(F)c1. The Balaban J connectivity index is 1.41. The number of hydrogen-bond donors (Lipinski definition) is 0. The molecule has 0 aliphatic heterocycles. The van der Waals surface area contributed by atoms with Gasteiger partial charge in [-0.05, 0) is 78.7 Å². The van der Waals surface area contributed by atoms with Gasteiger partial charge in [0.25, 0.3) is 0 Å². The summed E-state index contributed by atoms with van der Waals surface area (Å²) in [7, 11) is 0. The minimum absolute atomic E-state index is 0.0146. The van der Waals surface area contributed by atoms with Crippen LogP contribution in [0.15, 0.2) is 60.7 Å². The van der Waals surface area contributed by atoms with Crippen LogP contribution in [0.2, 0.25) is 0 Å². The van der Waals surface area contributed by atoms with Crippen LogP contribution in [0.5, 0.6) is 0 Å². The molecule has 1 aliphatic rings. The molecule has 1 saturated carbocycles. The predicted molar refractivity (Wildman–Crippen MR) is 135 cm³/mol. The van der Waals surface area contributed by atoms with Gasteiger partial charge in [-0.25, -0.2) is 13.2 Å². The molecule has 1 aliphatic carbocycles. The van der Waals surface area contributed by atoms with Crippen LogP contribution in [-0.2, 0) is 12.8 Å². The molecule has 3 aromatic rings. The Morgan fingerprint density at radius 2 is 1.50 bits per heavy atom. The van der Waals surface area contributed by atoms with E-state index >= 15 is 4.39 Å². The summed E-state index contributed by atoms with van der Waals surface area (Å²) >= 11 is 0. The highest BCUT2D eigenvalue weighted by molar-refractivity contribution is 5.65. The molecule has 0 aromatic heterocycles. The first-order valence-electron chi connectivity index (χ1n) is 12.5. The summed E-state index contributed by atoms with van der Waals surface area (Å²) in [4.78, 5) is 0. The highest BCUT2D eigenvalue weighted by atomic mass is 19.2. The largest absolute Gasteiger partial charge is 0.206 e. The Morgan fingerprint density at radius 3 is 2.15 bits per heavy atom. The molecule has 0 heterocycles. The molecule has 4 rings (SSSR count). The Morgan fingerprint density at radius 1 is 0.794 bits per heavy atom. The van der Waals surface area contributed by atoms with Crippen molar-refractivity contribution in [3.05, 3.63) is 100 Å². The number of aryl methyl sites for hydroxylation is 2. The number of benzene rings is 3. The number of hydrogen-bond acceptors (Lipinski definition) is 0. The van der Waals surface area contributed by atoms with E-state index < -0.39 is 11.6 Å². The van der Waals surface area contributed by atoms with Crippen LogP contribution in [0.1, 0.15) is 74.1 Å². The summed E-state index contributed by atoms with van der Waals surface area (Å²) in [6, 6.07) is 16.6. The summed E-state index contributed by atoms with van der Waals surface area (Å²) in [5, 5.41) is 0. The summed E-state index contributed by atoms with van der Waals surface area (Å²) in [6.45, 7) is 4.15. The maximum absolute atomic E-state index is 15.0. The standard InChI is InChI=1S/C31H33F3/c1-3-5-23-11-17-26(29(32)20-23)16-10-22-8-14-25(15-9-22)28-19-18-27(30(33)31(28)34)24-12-6-21(4-2)7-13-24/h6-7,10-13,16-20,22,25H,3-5,8-9,14-15H2,1-2H3. The van der Waals surface area contributed by atoms with Gasteiger partial charge in [-0.15, -0.1) is 0 Å². The molecule has 3 heteroatoms. The van der Waals surface area contributed by atoms with E-state index in [-0.39, 0.29) is 11.7 Å². The molecular weight excluding hydrogens is 429 g/mol. The fourth-order valence-electron chi connectivity index (χ4n) is 5.04. The van der Waals surface area contributed by atoms with Crippen molar-refractivity contribution < 1.29 is 13.2 Å². The third-order valence-corrected chi connectivity index (χ3v) is 7.15. The van der Waals surface area contributed by atoms with E-state index in [1.807, 2.05) is 42.5 Å². The van der Waals surface area contributed by atoms with Gasteiger partial charge >= 0.3 is 0 Å². The number of rotatable bonds is 7. The van der Waals surface area contributed by atoms with Crippen molar-refractivity contribution in [2.45, 2.75) is 64.7 Å². The molecule has 3 aromatic carbocycles. The van der Waals surface area contributed by atoms with Gasteiger partial charge in [0.15, 0.2) is 11.6 Å². The lowest BCUT2D eigenvalue weighted by Crippen LogP contribution is -2.13. The van der Waals surface area contributed by atoms with Gasteiger partial charge in [0.05, 0.1) is 0 Å². The van der Waals surface area contributed by atoms with Crippen molar-refractivity contribution in [1.82, 2.24) is 0 Å². The zero-order valence-electron chi connectivity index (χ0n) is 20.1. The van der Waals surface area contributed by atoms with Crippen molar-refractivity contribution in [3.8, 4) is 11.1 Å². The van der Waals surface area contributed by atoms with E-state index in [0.29, 0.717) is 28.2 Å². The maximum Gasteiger partial charge on any atom is 0.166 e. The predicted octanol–water partition coefficient (Wildman–Crippen LogP) is 9.27. The van der Waals surface area contributed by atoms with Crippen LogP contribution in [0.25, 0.3) is 17.2 Å². The normalized spacial score (nSPS) is 18.5. The molecule has 0 bridgehead atoms. The fourth-order valence-corrected chi connectivity index (χ4v) is 5.04. The molecule has 0 spiro atoms. The number of allylic oxidation sites excluding steroid dienone is 1. The van der Waals surface area contributed by atoms with E-state index in [4.69, 9.17) is 0 Å². The summed E-state index contributed by atoms with van der Waals surface area (Å²) in [5.41, 5.74) is 4.29. The van der Waals surface area contributed by atoms with Crippen LogP contribution < -0.4 is 0 Å². The zero-order chi connectivity index (χ0) is 24.1. The summed E-state index contributed by atoms with van der Waals surface area (Å²) in [5.74, 6) is -1.31. The summed E-state index contributed by atoms with van der Waals surface area (Å²) < 4.78 is 44.4. The third kappa shape index (κ3) is 5.46. The molecule has 0 N–H and O–H groups in total. The van der Waals surface area contributed by atoms with Crippen LogP contribution >= 0.6 is 0 Å². The Kier molecular flexibility index (Phi) is 7.92. The topological polar surface area (TPSA) is 0 Å². The Bertz CT molecular complexity index is 1140. The van der Waals surface area contributed by atoms with Crippen LogP contribution in [0.3, 0.4) is 0 Å². The van der Waals surface area contributed by atoms with E-state index in [2.05, 4.69) is 19.9 Å². The molecule has 0 unspecified atom stereocenters. The monoisotopic (exact) mass is 462 g/mol. The van der Waals surface area contributed by atoms with Gasteiger partial charge in [0, 0.05) is 11.1 Å². The van der Waals surface area contributed by atoms with Crippen LogP contribution in [0.4, 0.5) is 13.2 Å². The second-order valence-electron chi connectivity index (χ2n) is 9.46. The third-order valence-electron chi connectivity index (χ3n) is 7.15. The van der Waals surface area contributed by atoms with E-state index in [1.165, 1.54) is 5.56 Å². The molecule has 0 radical (unpaired) electrons. The first kappa shape index (κ1) is 24.3. The number of halogens is 3. The smallest absolute Gasteiger partial charge is 0.166 e. The highest BCUT2D eigenvalue weighted by Gasteiger charge is 2.25. The second kappa shape index (κ2) is 11.1. The van der Waals surface area contributed by atoms with Gasteiger partial charge in [0.2, 0.25) is 0 Å². The maximum atomic E-state index is 15.0. The van der Waals surface area contributed by atoms with Crippen molar-refractivity contribution in [2.75, 3.05) is 0 Å². The molecular formula is C31H33F3. The van der Waals surface area contributed by atoms with E-state index in [9.17, 15) is 8.78 Å². The molecule has 0 saturated heterocycles. The minimum atomic E-state index is -0.759. The first-order valence-corrected chi connectivity index (χ1v) is 12.5. The summed E-state index contributed by atoms with van der Waals surface area (Å²) in [6.07, 6.45) is 10.1. The van der Waals surface area contributed by atoms with Crippen LogP contribution in [0, 0.1) is 23.4 Å². The quantitative estimate of drug-likeness (QED) is 0.328. The average molecular weight is 463 g/mol. The zero-order valence-corrected chi connectivity index (χ0v) is 20.1. The molecule has 178 valence electrons. The van der Waals surface area contributed by atoms with E-state index in [0.717, 1.165) is 50.5 Å². The Labute approximate surface area is 201 Å². The van der Waals surface area contributed by atoms with Crippen molar-refractivity contribution >= 4 is 6.08 Å². The van der Waals surface area contributed by atoms with Gasteiger partial charge in [-0.2, -0.15) is 0 Å². The second-order valence-corrected chi connectivity index (χ2v) is 9.46. The Hall–Kier alpha value is -2.81. The lowest BCUT2D eigenvalue weighted by molar-refractivity contribution is 0.365. The fraction of sp³-hybridized carbons (Fsp3) is 0.355. The minimum Gasteiger partial charge on any atom is -0.206 e. The average Bonchev–Trinajstić information content (AvgIpc) is 2.86. The van der Waals surface area contributed by atoms with E-state index in [1.54, 1.807) is 18.2 Å².